The molecule has 0 heterocycles. The van der Waals surface area contributed by atoms with Crippen molar-refractivity contribution >= 4 is 23.3 Å². The average Bonchev–Trinajstić information content (AvgIpc) is 2.67. The lowest BCUT2D eigenvalue weighted by atomic mass is 10.0. The van der Waals surface area contributed by atoms with E-state index >= 15 is 0 Å². The maximum atomic E-state index is 12.4. The number of hydrogen-bond donors (Lipinski definition) is 3. The first-order valence-electron chi connectivity index (χ1n) is 8.71. The fraction of sp³-hybridized carbons (Fsp3) is 0.182. The lowest BCUT2D eigenvalue weighted by Crippen LogP contribution is -2.19. The first-order chi connectivity index (χ1) is 13.0. The van der Waals surface area contributed by atoms with Gasteiger partial charge in [0.25, 0.3) is 5.91 Å². The number of carbonyl (C=O) groups is 2. The summed E-state index contributed by atoms with van der Waals surface area (Å²) in [6.45, 7) is 3.24. The molecule has 140 valence electrons. The van der Waals surface area contributed by atoms with Crippen LogP contribution in [0.4, 0.5) is 11.4 Å². The minimum atomic E-state index is -1.12. The Morgan fingerprint density at radius 2 is 1.33 bits per heavy atom. The van der Waals surface area contributed by atoms with Gasteiger partial charge < -0.3 is 15.7 Å². The molecule has 0 aliphatic rings. The van der Waals surface area contributed by atoms with Gasteiger partial charge in [-0.05, 0) is 55.7 Å². The summed E-state index contributed by atoms with van der Waals surface area (Å²) >= 11 is 0. The van der Waals surface area contributed by atoms with Crippen LogP contribution in [0.2, 0.25) is 0 Å². The molecule has 0 aromatic heterocycles. The third-order valence-corrected chi connectivity index (χ3v) is 4.21. The Hall–Kier alpha value is -3.34. The average molecular weight is 364 g/mol. The third-order valence-electron chi connectivity index (χ3n) is 4.21. The minimum Gasteiger partial charge on any atom is -0.478 e. The zero-order valence-corrected chi connectivity index (χ0v) is 15.7. The number of carboxylic acids is 1. The quantitative estimate of drug-likeness (QED) is 0.507. The van der Waals surface area contributed by atoms with Crippen LogP contribution in [0, 0.1) is 0 Å². The second-order valence-corrected chi connectivity index (χ2v) is 5.98. The van der Waals surface area contributed by atoms with Gasteiger partial charge in [0.1, 0.15) is 0 Å². The van der Waals surface area contributed by atoms with Crippen LogP contribution < -0.4 is 10.6 Å². The van der Waals surface area contributed by atoms with Crippen LogP contribution in [0.5, 0.6) is 0 Å². The van der Waals surface area contributed by atoms with Crippen molar-refractivity contribution in [1.82, 2.24) is 0 Å². The Labute approximate surface area is 159 Å². The van der Waals surface area contributed by atoms with Gasteiger partial charge in [0.15, 0.2) is 0 Å². The van der Waals surface area contributed by atoms with E-state index in [1.54, 1.807) is 13.8 Å². The SMILES string of the molecule is C/C=C(C(=O)O)\C(=C/C)C(=O)Nc1ccc(Cc2ccc(NC)cc2)cc1. The van der Waals surface area contributed by atoms with Gasteiger partial charge in [-0.25, -0.2) is 4.79 Å². The summed E-state index contributed by atoms with van der Waals surface area (Å²) in [5.41, 5.74) is 4.13. The van der Waals surface area contributed by atoms with Crippen molar-refractivity contribution in [2.75, 3.05) is 17.7 Å². The molecule has 0 bridgehead atoms. The van der Waals surface area contributed by atoms with Crippen LogP contribution in [0.15, 0.2) is 71.8 Å². The van der Waals surface area contributed by atoms with Crippen molar-refractivity contribution in [3.63, 3.8) is 0 Å². The largest absolute Gasteiger partial charge is 0.478 e. The molecule has 0 atom stereocenters. The summed E-state index contributed by atoms with van der Waals surface area (Å²) in [7, 11) is 1.89. The zero-order valence-electron chi connectivity index (χ0n) is 15.7. The van der Waals surface area contributed by atoms with Gasteiger partial charge in [0.2, 0.25) is 0 Å². The fourth-order valence-corrected chi connectivity index (χ4v) is 2.73. The van der Waals surface area contributed by atoms with Crippen LogP contribution in [0.3, 0.4) is 0 Å². The minimum absolute atomic E-state index is 0.0170. The summed E-state index contributed by atoms with van der Waals surface area (Å²) in [6, 6.07) is 15.7. The van der Waals surface area contributed by atoms with Gasteiger partial charge >= 0.3 is 5.97 Å². The number of benzene rings is 2. The summed E-state index contributed by atoms with van der Waals surface area (Å²) in [5.74, 6) is -1.57. The molecule has 0 aliphatic heterocycles. The number of anilines is 2. The summed E-state index contributed by atoms with van der Waals surface area (Å²) in [5, 5.41) is 15.0. The highest BCUT2D eigenvalue weighted by molar-refractivity contribution is 6.13. The molecule has 2 aromatic carbocycles. The van der Waals surface area contributed by atoms with E-state index in [-0.39, 0.29) is 11.1 Å². The Kier molecular flexibility index (Phi) is 6.94. The lowest BCUT2D eigenvalue weighted by Gasteiger charge is -2.10. The second-order valence-electron chi connectivity index (χ2n) is 5.98. The smallest absolute Gasteiger partial charge is 0.336 e. The molecule has 0 saturated carbocycles. The molecule has 0 spiro atoms. The van der Waals surface area contributed by atoms with E-state index in [9.17, 15) is 14.7 Å². The molecular weight excluding hydrogens is 340 g/mol. The Bertz CT molecular complexity index is 863. The molecule has 0 saturated heterocycles. The van der Waals surface area contributed by atoms with Gasteiger partial charge in [-0.3, -0.25) is 4.79 Å². The van der Waals surface area contributed by atoms with Gasteiger partial charge in [-0.1, -0.05) is 36.4 Å². The van der Waals surface area contributed by atoms with Gasteiger partial charge in [0.05, 0.1) is 5.57 Å². The first-order valence-corrected chi connectivity index (χ1v) is 8.71. The van der Waals surface area contributed by atoms with Crippen LogP contribution in [-0.2, 0) is 16.0 Å². The molecule has 0 fully saturated rings. The maximum Gasteiger partial charge on any atom is 0.336 e. The van der Waals surface area contributed by atoms with Gasteiger partial charge in [0, 0.05) is 24.0 Å². The molecular formula is C22H24N2O3. The van der Waals surface area contributed by atoms with Crippen molar-refractivity contribution in [3.05, 3.63) is 83.0 Å². The number of carbonyl (C=O) groups excluding carboxylic acids is 1. The summed E-state index contributed by atoms with van der Waals surface area (Å²) in [6.07, 6.45) is 3.71. The number of rotatable bonds is 7. The molecule has 5 heteroatoms. The van der Waals surface area contributed by atoms with Crippen molar-refractivity contribution < 1.29 is 14.7 Å². The second kappa shape index (κ2) is 9.38. The van der Waals surface area contributed by atoms with E-state index in [2.05, 4.69) is 22.8 Å². The number of amides is 1. The van der Waals surface area contributed by atoms with Crippen molar-refractivity contribution in [3.8, 4) is 0 Å². The summed E-state index contributed by atoms with van der Waals surface area (Å²) in [4.78, 5) is 23.6. The zero-order chi connectivity index (χ0) is 19.8. The standard InChI is InChI=1S/C22H24N2O3/c1-4-19(20(5-2)22(26)27)21(25)24-18-12-8-16(9-13-18)14-15-6-10-17(23-3)11-7-15/h4-13,23H,14H2,1-3H3,(H,24,25)(H,26,27)/b19-4+,20-5+. The maximum absolute atomic E-state index is 12.4. The van der Waals surface area contributed by atoms with E-state index in [0.717, 1.165) is 17.7 Å². The molecule has 2 aromatic rings. The molecule has 5 nitrogen and oxygen atoms in total. The lowest BCUT2D eigenvalue weighted by molar-refractivity contribution is -0.132. The van der Waals surface area contributed by atoms with Gasteiger partial charge in [-0.15, -0.1) is 0 Å². The molecule has 3 N–H and O–H groups in total. The molecule has 1 amide bonds. The highest BCUT2D eigenvalue weighted by Gasteiger charge is 2.18. The van der Waals surface area contributed by atoms with E-state index in [4.69, 9.17) is 0 Å². The molecule has 0 unspecified atom stereocenters. The van der Waals surface area contributed by atoms with E-state index in [0.29, 0.717) is 5.69 Å². The molecule has 0 radical (unpaired) electrons. The fourth-order valence-electron chi connectivity index (χ4n) is 2.73. The van der Waals surface area contributed by atoms with Crippen LogP contribution in [-0.4, -0.2) is 24.0 Å². The highest BCUT2D eigenvalue weighted by Crippen LogP contribution is 2.18. The van der Waals surface area contributed by atoms with E-state index in [1.165, 1.54) is 17.7 Å². The topological polar surface area (TPSA) is 78.4 Å². The first kappa shape index (κ1) is 20.0. The van der Waals surface area contributed by atoms with E-state index in [1.807, 2.05) is 43.4 Å². The number of carboxylic acid groups (broad SMARTS) is 1. The number of aliphatic carboxylic acids is 1. The van der Waals surface area contributed by atoms with Gasteiger partial charge in [-0.2, -0.15) is 0 Å². The highest BCUT2D eigenvalue weighted by atomic mass is 16.4. The number of hydrogen-bond acceptors (Lipinski definition) is 3. The van der Waals surface area contributed by atoms with Crippen LogP contribution in [0.25, 0.3) is 0 Å². The monoisotopic (exact) mass is 364 g/mol. The van der Waals surface area contributed by atoms with Crippen molar-refractivity contribution in [2.24, 2.45) is 0 Å². The summed E-state index contributed by atoms with van der Waals surface area (Å²) < 4.78 is 0. The number of nitrogens with one attached hydrogen (secondary N) is 2. The van der Waals surface area contributed by atoms with Crippen LogP contribution in [0.1, 0.15) is 25.0 Å². The van der Waals surface area contributed by atoms with E-state index < -0.39 is 11.9 Å². The molecule has 0 aliphatic carbocycles. The normalized spacial score (nSPS) is 11.8. The number of allylic oxidation sites excluding steroid dienone is 2. The van der Waals surface area contributed by atoms with Crippen LogP contribution >= 0.6 is 0 Å². The Balaban J connectivity index is 2.06. The third kappa shape index (κ3) is 5.31. The molecule has 27 heavy (non-hydrogen) atoms. The van der Waals surface area contributed by atoms with Crippen molar-refractivity contribution in [1.29, 1.82) is 0 Å². The predicted molar refractivity (Wildman–Crippen MR) is 109 cm³/mol. The predicted octanol–water partition coefficient (Wildman–Crippen LogP) is 4.23. The Morgan fingerprint density at radius 3 is 1.74 bits per heavy atom. The van der Waals surface area contributed by atoms with Crippen molar-refractivity contribution in [2.45, 2.75) is 20.3 Å². The Morgan fingerprint density at radius 1 is 0.852 bits per heavy atom. The molecule has 2 rings (SSSR count).